The summed E-state index contributed by atoms with van der Waals surface area (Å²) in [5, 5.41) is 13.8. The quantitative estimate of drug-likeness (QED) is 0.284. The van der Waals surface area contributed by atoms with Crippen molar-refractivity contribution in [3.63, 3.8) is 0 Å². The maximum atomic E-state index is 12.9. The van der Waals surface area contributed by atoms with Crippen molar-refractivity contribution in [2.75, 3.05) is 19.6 Å². The molecule has 0 radical (unpaired) electrons. The van der Waals surface area contributed by atoms with E-state index in [2.05, 4.69) is 25.6 Å². The molecule has 2 aromatic heterocycles. The summed E-state index contributed by atoms with van der Waals surface area (Å²) >= 11 is 0. The van der Waals surface area contributed by atoms with Gasteiger partial charge in [0, 0.05) is 13.1 Å². The minimum absolute atomic E-state index is 0.0178. The van der Waals surface area contributed by atoms with E-state index in [1.54, 1.807) is 32.9 Å². The van der Waals surface area contributed by atoms with Gasteiger partial charge in [-0.25, -0.2) is 24.1 Å². The van der Waals surface area contributed by atoms with Gasteiger partial charge in [-0.1, -0.05) is 30.3 Å². The van der Waals surface area contributed by atoms with Crippen LogP contribution < -0.4 is 16.1 Å². The number of alkyl carbamates (subject to hydrolysis) is 1. The molecular formula is C22H27N7O5. The molecule has 0 aliphatic rings. The molecule has 0 saturated heterocycles. The van der Waals surface area contributed by atoms with Crippen LogP contribution in [-0.2, 0) is 16.1 Å². The number of ether oxygens (including phenoxy) is 2. The molecule has 0 saturated carbocycles. The van der Waals surface area contributed by atoms with Crippen LogP contribution in [0, 0.1) is 5.41 Å². The summed E-state index contributed by atoms with van der Waals surface area (Å²) in [5.41, 5.74) is 0.209. The zero-order valence-corrected chi connectivity index (χ0v) is 19.2. The van der Waals surface area contributed by atoms with Crippen LogP contribution in [0.5, 0.6) is 0 Å². The number of nitrogens with one attached hydrogen (secondary N) is 4. The number of esters is 1. The topological polar surface area (TPSA) is 164 Å². The van der Waals surface area contributed by atoms with E-state index in [4.69, 9.17) is 14.9 Å². The molecule has 0 aliphatic heterocycles. The number of carbonyl (C=O) groups excluding carboxylic acids is 3. The molecular weight excluding hydrogens is 442 g/mol. The Kier molecular flexibility index (Phi) is 7.74. The lowest BCUT2D eigenvalue weighted by Crippen LogP contribution is -2.41. The fourth-order valence-electron chi connectivity index (χ4n) is 2.92. The lowest BCUT2D eigenvalue weighted by Gasteiger charge is -2.19. The molecule has 0 atom stereocenters. The largest absolute Gasteiger partial charge is 0.455 e. The van der Waals surface area contributed by atoms with Crippen molar-refractivity contribution in [3.8, 4) is 0 Å². The van der Waals surface area contributed by atoms with Gasteiger partial charge < -0.3 is 25.1 Å². The van der Waals surface area contributed by atoms with Gasteiger partial charge in [0.2, 0.25) is 11.7 Å². The number of H-pyrrole nitrogens is 1. The van der Waals surface area contributed by atoms with Crippen molar-refractivity contribution < 1.29 is 23.9 Å². The van der Waals surface area contributed by atoms with Gasteiger partial charge in [0.1, 0.15) is 17.7 Å². The van der Waals surface area contributed by atoms with E-state index in [1.807, 2.05) is 18.2 Å². The van der Waals surface area contributed by atoms with Gasteiger partial charge in [0.05, 0.1) is 12.9 Å². The highest BCUT2D eigenvalue weighted by Gasteiger charge is 2.23. The third kappa shape index (κ3) is 6.48. The fraction of sp³-hybridized carbons (Fsp3) is 0.364. The number of aromatic amines is 1. The van der Waals surface area contributed by atoms with Gasteiger partial charge >= 0.3 is 12.1 Å². The van der Waals surface area contributed by atoms with Crippen molar-refractivity contribution >= 4 is 29.1 Å². The second kappa shape index (κ2) is 10.7. The Balaban J connectivity index is 1.67. The lowest BCUT2D eigenvalue weighted by molar-refractivity contribution is 0.0444. The molecule has 0 unspecified atom stereocenters. The van der Waals surface area contributed by atoms with E-state index >= 15 is 0 Å². The van der Waals surface area contributed by atoms with E-state index in [1.165, 1.54) is 6.33 Å². The van der Waals surface area contributed by atoms with E-state index in [9.17, 15) is 14.4 Å². The molecule has 0 aliphatic carbocycles. The number of fused-ring (bicyclic) bond motifs is 1. The Morgan fingerprint density at radius 1 is 1.15 bits per heavy atom. The third-order valence-corrected chi connectivity index (χ3v) is 4.39. The summed E-state index contributed by atoms with van der Waals surface area (Å²) in [6.07, 6.45) is 0.755. The number of carbonyl (C=O) groups is 3. The summed E-state index contributed by atoms with van der Waals surface area (Å²) < 4.78 is 11.3. The summed E-state index contributed by atoms with van der Waals surface area (Å²) in [6, 6.07) is 9.05. The average Bonchev–Trinajstić information content (AvgIpc) is 3.25. The number of benzene rings is 1. The highest BCUT2D eigenvalue weighted by Crippen LogP contribution is 2.08. The number of hydrogen-bond donors (Lipinski definition) is 4. The van der Waals surface area contributed by atoms with Gasteiger partial charge in [-0.15, -0.1) is 0 Å². The minimum Gasteiger partial charge on any atom is -0.455 e. The van der Waals surface area contributed by atoms with Crippen molar-refractivity contribution in [3.05, 3.63) is 53.5 Å². The zero-order chi connectivity index (χ0) is 24.7. The summed E-state index contributed by atoms with van der Waals surface area (Å²) in [5.74, 6) is -1.81. The number of hydrogen-bond acceptors (Lipinski definition) is 9. The van der Waals surface area contributed by atoms with Gasteiger partial charge in [0.25, 0.3) is 0 Å². The average molecular weight is 470 g/mol. The Labute approximate surface area is 195 Å². The molecule has 12 nitrogen and oxygen atoms in total. The molecule has 3 rings (SSSR count). The van der Waals surface area contributed by atoms with Gasteiger partial charge in [-0.2, -0.15) is 0 Å². The molecule has 0 bridgehead atoms. The van der Waals surface area contributed by atoms with Crippen LogP contribution in [-0.4, -0.2) is 62.7 Å². The highest BCUT2D eigenvalue weighted by atomic mass is 16.6. The minimum atomic E-state index is -0.859. The van der Waals surface area contributed by atoms with Crippen molar-refractivity contribution in [2.45, 2.75) is 33.0 Å². The summed E-state index contributed by atoms with van der Waals surface area (Å²) in [6.45, 7) is 5.50. The Hall–Kier alpha value is -4.06. The predicted octanol–water partition coefficient (Wildman–Crippen LogP) is 1.35. The number of nitrogens with zero attached hydrogens (tertiary/aromatic N) is 3. The van der Waals surface area contributed by atoms with E-state index in [-0.39, 0.29) is 48.7 Å². The van der Waals surface area contributed by atoms with Crippen LogP contribution in [0.4, 0.5) is 4.79 Å². The summed E-state index contributed by atoms with van der Waals surface area (Å²) in [4.78, 5) is 48.2. The second-order valence-electron chi connectivity index (χ2n) is 8.28. The van der Waals surface area contributed by atoms with E-state index in [0.29, 0.717) is 0 Å². The number of amides is 1. The molecule has 1 amide bonds. The number of imidazole rings is 1. The Bertz CT molecular complexity index is 1230. The van der Waals surface area contributed by atoms with E-state index < -0.39 is 23.6 Å². The number of aromatic nitrogens is 4. The van der Waals surface area contributed by atoms with Gasteiger partial charge in [-0.05, 0) is 26.3 Å². The maximum absolute atomic E-state index is 12.9. The van der Waals surface area contributed by atoms with Crippen molar-refractivity contribution in [1.82, 2.24) is 30.2 Å². The highest BCUT2D eigenvalue weighted by molar-refractivity contribution is 5.94. The standard InChI is InChI=1S/C22H27N7O5/c1-22(2,3)34-21(32)25-10-9-24-11-15(30)29-17(23)16-18(27-13-26-16)28-19(29)20(31)33-12-14-7-5-4-6-8-14/h4-8,13,23-24H,9-12H2,1-3H3,(H,25,32)(H,26,27). The maximum Gasteiger partial charge on any atom is 0.407 e. The van der Waals surface area contributed by atoms with E-state index in [0.717, 1.165) is 10.1 Å². The first-order valence-electron chi connectivity index (χ1n) is 10.6. The van der Waals surface area contributed by atoms with Crippen LogP contribution in [0.3, 0.4) is 0 Å². The van der Waals surface area contributed by atoms with Crippen molar-refractivity contribution in [2.24, 2.45) is 0 Å². The predicted molar refractivity (Wildman–Crippen MR) is 121 cm³/mol. The van der Waals surface area contributed by atoms with Crippen LogP contribution in [0.15, 0.2) is 36.7 Å². The molecule has 1 aromatic carbocycles. The molecule has 0 fully saturated rings. The van der Waals surface area contributed by atoms with Crippen LogP contribution in [0.2, 0.25) is 0 Å². The Morgan fingerprint density at radius 3 is 2.59 bits per heavy atom. The second-order valence-corrected chi connectivity index (χ2v) is 8.28. The molecule has 0 spiro atoms. The number of rotatable bonds is 8. The van der Waals surface area contributed by atoms with Gasteiger partial charge in [-0.3, -0.25) is 10.2 Å². The molecule has 180 valence electrons. The molecule has 3 aromatic rings. The van der Waals surface area contributed by atoms with Gasteiger partial charge in [0.15, 0.2) is 11.1 Å². The lowest BCUT2D eigenvalue weighted by atomic mass is 10.2. The Morgan fingerprint density at radius 2 is 1.88 bits per heavy atom. The first-order chi connectivity index (χ1) is 16.2. The first kappa shape index (κ1) is 24.6. The van der Waals surface area contributed by atoms with Crippen LogP contribution in [0.25, 0.3) is 11.2 Å². The molecule has 12 heteroatoms. The monoisotopic (exact) mass is 469 g/mol. The van der Waals surface area contributed by atoms with Crippen molar-refractivity contribution in [1.29, 1.82) is 5.41 Å². The van der Waals surface area contributed by atoms with Crippen LogP contribution in [0.1, 0.15) is 41.7 Å². The fourth-order valence-corrected chi connectivity index (χ4v) is 2.92. The first-order valence-corrected chi connectivity index (χ1v) is 10.6. The summed E-state index contributed by atoms with van der Waals surface area (Å²) in [7, 11) is 0. The molecule has 34 heavy (non-hydrogen) atoms. The van der Waals surface area contributed by atoms with Crippen LogP contribution >= 0.6 is 0 Å². The SMILES string of the molecule is CC(C)(C)OC(=O)NCCNCC(=O)n1c(C(=O)OCc2ccccc2)nc2nc[nH]c2c1=N. The normalized spacial score (nSPS) is 11.3. The third-order valence-electron chi connectivity index (χ3n) is 4.39. The molecule has 4 N–H and O–H groups in total. The smallest absolute Gasteiger partial charge is 0.407 e. The zero-order valence-electron chi connectivity index (χ0n) is 19.2. The molecule has 2 heterocycles.